The van der Waals surface area contributed by atoms with Gasteiger partial charge in [0.1, 0.15) is 6.17 Å². The Bertz CT molecular complexity index is 72.6. The van der Waals surface area contributed by atoms with Crippen LogP contribution in [-0.2, 0) is 0 Å². The maximum Gasteiger partial charge on any atom is 0.100 e. The molecule has 0 radical (unpaired) electrons. The summed E-state index contributed by atoms with van der Waals surface area (Å²) in [5.41, 5.74) is 0. The van der Waals surface area contributed by atoms with E-state index in [1.54, 1.807) is 6.92 Å². The average Bonchev–Trinajstić information content (AvgIpc) is 1.90. The molecule has 1 saturated carbocycles. The Labute approximate surface area is 56.5 Å². The topological polar surface area (TPSA) is 0 Å². The molecule has 0 aromatic heterocycles. The third-order valence-corrected chi connectivity index (χ3v) is 2.30. The quantitative estimate of drug-likeness (QED) is 0.512. The lowest BCUT2D eigenvalue weighted by atomic mass is 9.87. The molecule has 0 amide bonds. The Morgan fingerprint density at radius 1 is 1.22 bits per heavy atom. The molecule has 1 aliphatic carbocycles. The normalized spacial score (nSPS) is 26.0. The smallest absolute Gasteiger partial charge is 0.100 e. The van der Waals surface area contributed by atoms with E-state index in [0.717, 1.165) is 12.8 Å². The summed E-state index contributed by atoms with van der Waals surface area (Å²) in [4.78, 5) is 0. The van der Waals surface area contributed by atoms with E-state index in [-0.39, 0.29) is 0 Å². The summed E-state index contributed by atoms with van der Waals surface area (Å²) < 4.78 is 12.6. The van der Waals surface area contributed by atoms with Crippen molar-refractivity contribution in [3.05, 3.63) is 0 Å². The van der Waals surface area contributed by atoms with Gasteiger partial charge in [-0.1, -0.05) is 19.3 Å². The molecule has 0 bridgehead atoms. The summed E-state index contributed by atoms with van der Waals surface area (Å²) in [5.74, 6) is 0.388. The Balaban J connectivity index is 2.23. The van der Waals surface area contributed by atoms with E-state index >= 15 is 0 Å². The lowest BCUT2D eigenvalue weighted by Gasteiger charge is -2.22. The highest BCUT2D eigenvalue weighted by molar-refractivity contribution is 4.69. The van der Waals surface area contributed by atoms with E-state index in [2.05, 4.69) is 0 Å². The van der Waals surface area contributed by atoms with Crippen molar-refractivity contribution in [2.24, 2.45) is 5.92 Å². The Hall–Kier alpha value is -0.0700. The van der Waals surface area contributed by atoms with E-state index < -0.39 is 6.17 Å². The van der Waals surface area contributed by atoms with Crippen LogP contribution in [-0.4, -0.2) is 6.17 Å². The Kier molecular flexibility index (Phi) is 2.49. The van der Waals surface area contributed by atoms with E-state index in [9.17, 15) is 4.39 Å². The largest absolute Gasteiger partial charge is 0.247 e. The van der Waals surface area contributed by atoms with Gasteiger partial charge < -0.3 is 0 Å². The first kappa shape index (κ1) is 7.04. The number of alkyl halides is 1. The van der Waals surface area contributed by atoms with Crippen molar-refractivity contribution in [3.63, 3.8) is 0 Å². The molecule has 0 N–H and O–H groups in total. The molecule has 0 heterocycles. The highest BCUT2D eigenvalue weighted by Crippen LogP contribution is 2.27. The zero-order chi connectivity index (χ0) is 6.69. The average molecular weight is 130 g/mol. The zero-order valence-electron chi connectivity index (χ0n) is 6.07. The molecule has 0 aromatic rings. The second-order valence-electron chi connectivity index (χ2n) is 3.08. The highest BCUT2D eigenvalue weighted by atomic mass is 19.1. The summed E-state index contributed by atoms with van der Waals surface area (Å²) in [5, 5.41) is 0. The van der Waals surface area contributed by atoms with Crippen molar-refractivity contribution >= 4 is 0 Å². The van der Waals surface area contributed by atoms with Gasteiger partial charge in [-0.25, -0.2) is 4.39 Å². The van der Waals surface area contributed by atoms with Crippen molar-refractivity contribution in [2.45, 2.75) is 45.2 Å². The lowest BCUT2D eigenvalue weighted by molar-refractivity contribution is 0.197. The predicted octanol–water partition coefficient (Wildman–Crippen LogP) is 2.92. The highest BCUT2D eigenvalue weighted by Gasteiger charge is 2.18. The van der Waals surface area contributed by atoms with Gasteiger partial charge in [0.2, 0.25) is 0 Å². The molecule has 1 aliphatic rings. The first-order chi connectivity index (χ1) is 4.30. The minimum Gasteiger partial charge on any atom is -0.247 e. The van der Waals surface area contributed by atoms with Crippen molar-refractivity contribution < 1.29 is 4.39 Å². The summed E-state index contributed by atoms with van der Waals surface area (Å²) in [6, 6.07) is 0. The van der Waals surface area contributed by atoms with Gasteiger partial charge in [-0.05, 0) is 25.7 Å². The summed E-state index contributed by atoms with van der Waals surface area (Å²) in [7, 11) is 0. The van der Waals surface area contributed by atoms with Crippen LogP contribution in [0.3, 0.4) is 0 Å². The molecular formula is C8H15F. The lowest BCUT2D eigenvalue weighted by Crippen LogP contribution is -2.15. The van der Waals surface area contributed by atoms with Crippen LogP contribution in [0.4, 0.5) is 4.39 Å². The molecule has 9 heavy (non-hydrogen) atoms. The van der Waals surface area contributed by atoms with Gasteiger partial charge in [0.25, 0.3) is 0 Å². The standard InChI is InChI=1S/C8H15F/c1-7(9)8-5-3-2-4-6-8/h7-8H,2-6H2,1H3. The van der Waals surface area contributed by atoms with E-state index in [4.69, 9.17) is 0 Å². The van der Waals surface area contributed by atoms with Crippen LogP contribution in [0.5, 0.6) is 0 Å². The molecule has 0 aliphatic heterocycles. The molecule has 1 heteroatoms. The van der Waals surface area contributed by atoms with E-state index in [1.165, 1.54) is 19.3 Å². The van der Waals surface area contributed by atoms with Gasteiger partial charge in [0, 0.05) is 0 Å². The fraction of sp³-hybridized carbons (Fsp3) is 1.00. The minimum absolute atomic E-state index is 0.388. The van der Waals surface area contributed by atoms with Crippen LogP contribution in [0.1, 0.15) is 39.0 Å². The van der Waals surface area contributed by atoms with Crippen molar-refractivity contribution in [2.75, 3.05) is 0 Å². The summed E-state index contributed by atoms with van der Waals surface area (Å²) >= 11 is 0. The second-order valence-corrected chi connectivity index (χ2v) is 3.08. The molecule has 1 unspecified atom stereocenters. The number of hydrogen-bond acceptors (Lipinski definition) is 0. The van der Waals surface area contributed by atoms with E-state index in [1.807, 2.05) is 0 Å². The Morgan fingerprint density at radius 3 is 2.11 bits per heavy atom. The molecule has 1 fully saturated rings. The van der Waals surface area contributed by atoms with Crippen LogP contribution in [0.2, 0.25) is 0 Å². The molecule has 0 spiro atoms. The monoisotopic (exact) mass is 130 g/mol. The van der Waals surface area contributed by atoms with Crippen LogP contribution >= 0.6 is 0 Å². The van der Waals surface area contributed by atoms with Crippen LogP contribution in [0, 0.1) is 5.92 Å². The third-order valence-electron chi connectivity index (χ3n) is 2.30. The van der Waals surface area contributed by atoms with Gasteiger partial charge >= 0.3 is 0 Å². The molecule has 0 nitrogen and oxygen atoms in total. The number of rotatable bonds is 1. The molecule has 1 atom stereocenters. The summed E-state index contributed by atoms with van der Waals surface area (Å²) in [6.45, 7) is 1.69. The van der Waals surface area contributed by atoms with Crippen molar-refractivity contribution in [1.29, 1.82) is 0 Å². The van der Waals surface area contributed by atoms with Gasteiger partial charge in [-0.3, -0.25) is 0 Å². The first-order valence-corrected chi connectivity index (χ1v) is 3.95. The molecule has 0 aromatic carbocycles. The van der Waals surface area contributed by atoms with Crippen LogP contribution in [0.25, 0.3) is 0 Å². The molecule has 1 rings (SSSR count). The Morgan fingerprint density at radius 2 is 1.78 bits per heavy atom. The zero-order valence-corrected chi connectivity index (χ0v) is 6.07. The van der Waals surface area contributed by atoms with Crippen LogP contribution in [0.15, 0.2) is 0 Å². The van der Waals surface area contributed by atoms with Gasteiger partial charge in [-0.2, -0.15) is 0 Å². The van der Waals surface area contributed by atoms with E-state index in [0.29, 0.717) is 5.92 Å². The fourth-order valence-electron chi connectivity index (χ4n) is 1.59. The van der Waals surface area contributed by atoms with Crippen molar-refractivity contribution in [3.8, 4) is 0 Å². The van der Waals surface area contributed by atoms with Crippen LogP contribution < -0.4 is 0 Å². The number of hydrogen-bond donors (Lipinski definition) is 0. The first-order valence-electron chi connectivity index (χ1n) is 3.95. The summed E-state index contributed by atoms with van der Waals surface area (Å²) in [6.07, 6.45) is 5.50. The fourth-order valence-corrected chi connectivity index (χ4v) is 1.59. The predicted molar refractivity (Wildman–Crippen MR) is 37.1 cm³/mol. The van der Waals surface area contributed by atoms with Gasteiger partial charge in [-0.15, -0.1) is 0 Å². The second kappa shape index (κ2) is 3.19. The number of halogens is 1. The minimum atomic E-state index is -0.565. The SMILES string of the molecule is CC(F)C1CCCCC1. The van der Waals surface area contributed by atoms with Gasteiger partial charge in [0.15, 0.2) is 0 Å². The van der Waals surface area contributed by atoms with Crippen molar-refractivity contribution in [1.82, 2.24) is 0 Å². The molecule has 54 valence electrons. The molecule has 0 saturated heterocycles. The van der Waals surface area contributed by atoms with Gasteiger partial charge in [0.05, 0.1) is 0 Å². The third kappa shape index (κ3) is 1.96. The molecular weight excluding hydrogens is 115 g/mol. The maximum atomic E-state index is 12.6. The maximum absolute atomic E-state index is 12.6.